The molecule has 1 saturated heterocycles. The van der Waals surface area contributed by atoms with E-state index in [2.05, 4.69) is 10.3 Å². The molecule has 3 rings (SSSR count). The molecule has 26 heavy (non-hydrogen) atoms. The predicted octanol–water partition coefficient (Wildman–Crippen LogP) is 1.63. The number of thiazole rings is 1. The average Bonchev–Trinajstić information content (AvgIpc) is 3.12. The van der Waals surface area contributed by atoms with Gasteiger partial charge in [-0.25, -0.2) is 18.5 Å². The molecule has 0 saturated carbocycles. The molecule has 1 aromatic carbocycles. The van der Waals surface area contributed by atoms with Crippen molar-refractivity contribution in [1.29, 1.82) is 0 Å². The third kappa shape index (κ3) is 4.60. The highest BCUT2D eigenvalue weighted by Crippen LogP contribution is 2.29. The molecule has 1 aromatic heterocycles. The number of benzene rings is 1. The Balaban J connectivity index is 1.50. The Kier molecular flexibility index (Phi) is 5.59. The largest absolute Gasteiger partial charge is 0.352 e. The Bertz CT molecular complexity index is 870. The molecular weight excluding hydrogens is 372 g/mol. The number of amides is 1. The minimum absolute atomic E-state index is 0.0330. The molecule has 2 heterocycles. The first-order chi connectivity index (χ1) is 12.3. The summed E-state index contributed by atoms with van der Waals surface area (Å²) in [6.45, 7) is 3.90. The highest BCUT2D eigenvalue weighted by Gasteiger charge is 2.26. The topological polar surface area (TPSA) is 105 Å². The van der Waals surface area contributed by atoms with Crippen LogP contribution in [-0.4, -0.2) is 32.4 Å². The van der Waals surface area contributed by atoms with Gasteiger partial charge in [-0.1, -0.05) is 41.2 Å². The van der Waals surface area contributed by atoms with Crippen molar-refractivity contribution >= 4 is 32.4 Å². The first-order valence-electron chi connectivity index (χ1n) is 8.40. The maximum atomic E-state index is 12.4. The number of carbonyl (C=O) groups is 1. The van der Waals surface area contributed by atoms with Gasteiger partial charge in [-0.15, -0.1) is 0 Å². The van der Waals surface area contributed by atoms with Crippen molar-refractivity contribution in [3.8, 4) is 0 Å². The van der Waals surface area contributed by atoms with Crippen LogP contribution in [-0.2, 0) is 21.4 Å². The van der Waals surface area contributed by atoms with Crippen LogP contribution in [0.1, 0.15) is 24.0 Å². The number of anilines is 1. The fraction of sp³-hybridized carbons (Fsp3) is 0.412. The molecule has 1 aliphatic heterocycles. The molecule has 140 valence electrons. The third-order valence-electron chi connectivity index (χ3n) is 4.48. The lowest BCUT2D eigenvalue weighted by Gasteiger charge is -2.31. The number of piperidine rings is 1. The van der Waals surface area contributed by atoms with E-state index >= 15 is 0 Å². The monoisotopic (exact) mass is 394 g/mol. The van der Waals surface area contributed by atoms with Gasteiger partial charge in [0.05, 0.1) is 6.20 Å². The summed E-state index contributed by atoms with van der Waals surface area (Å²) in [7, 11) is -3.72. The lowest BCUT2D eigenvalue weighted by Crippen LogP contribution is -2.40. The Morgan fingerprint density at radius 1 is 1.31 bits per heavy atom. The predicted molar refractivity (Wildman–Crippen MR) is 101 cm³/mol. The van der Waals surface area contributed by atoms with Crippen LogP contribution in [0, 0.1) is 12.8 Å². The van der Waals surface area contributed by atoms with E-state index in [4.69, 9.17) is 5.14 Å². The zero-order chi connectivity index (χ0) is 18.7. The maximum absolute atomic E-state index is 12.4. The van der Waals surface area contributed by atoms with Crippen LogP contribution in [0.5, 0.6) is 0 Å². The Labute approximate surface area is 157 Å². The highest BCUT2D eigenvalue weighted by molar-refractivity contribution is 7.91. The second-order valence-electron chi connectivity index (χ2n) is 6.47. The summed E-state index contributed by atoms with van der Waals surface area (Å²) in [5.74, 6) is 0.0314. The van der Waals surface area contributed by atoms with Crippen LogP contribution in [0.2, 0.25) is 0 Å². The van der Waals surface area contributed by atoms with Crippen LogP contribution in [0.3, 0.4) is 0 Å². The molecule has 1 aliphatic rings. The number of hydrogen-bond acceptors (Lipinski definition) is 6. The van der Waals surface area contributed by atoms with Gasteiger partial charge in [-0.3, -0.25) is 4.79 Å². The van der Waals surface area contributed by atoms with Crippen molar-refractivity contribution in [2.45, 2.75) is 30.5 Å². The summed E-state index contributed by atoms with van der Waals surface area (Å²) in [5.41, 5.74) is 2.28. The summed E-state index contributed by atoms with van der Waals surface area (Å²) in [6, 6.07) is 8.10. The summed E-state index contributed by atoms with van der Waals surface area (Å²) < 4.78 is 22.8. The van der Waals surface area contributed by atoms with E-state index in [9.17, 15) is 13.2 Å². The van der Waals surface area contributed by atoms with Crippen molar-refractivity contribution in [3.63, 3.8) is 0 Å². The van der Waals surface area contributed by atoms with E-state index in [1.165, 1.54) is 11.8 Å². The number of primary sulfonamides is 1. The molecule has 3 N–H and O–H groups in total. The number of carbonyl (C=O) groups excluding carboxylic acids is 1. The van der Waals surface area contributed by atoms with Gasteiger partial charge in [0.2, 0.25) is 15.9 Å². The minimum Gasteiger partial charge on any atom is -0.352 e. The van der Waals surface area contributed by atoms with Crippen molar-refractivity contribution in [1.82, 2.24) is 10.3 Å². The second-order valence-corrected chi connectivity index (χ2v) is 9.27. The van der Waals surface area contributed by atoms with Crippen molar-refractivity contribution in [2.75, 3.05) is 18.0 Å². The second kappa shape index (κ2) is 7.73. The molecule has 0 spiro atoms. The number of aromatic nitrogens is 1. The summed E-state index contributed by atoms with van der Waals surface area (Å²) >= 11 is 1.07. The molecule has 0 unspecified atom stereocenters. The Morgan fingerprint density at radius 3 is 2.54 bits per heavy atom. The molecule has 1 amide bonds. The van der Waals surface area contributed by atoms with Gasteiger partial charge < -0.3 is 10.2 Å². The van der Waals surface area contributed by atoms with E-state index in [1.54, 1.807) is 0 Å². The van der Waals surface area contributed by atoms with Gasteiger partial charge in [0, 0.05) is 25.6 Å². The molecule has 0 bridgehead atoms. The van der Waals surface area contributed by atoms with Crippen LogP contribution in [0.25, 0.3) is 0 Å². The number of nitrogens with one attached hydrogen (secondary N) is 1. The number of sulfonamides is 1. The number of rotatable bonds is 5. The lowest BCUT2D eigenvalue weighted by molar-refractivity contribution is -0.125. The van der Waals surface area contributed by atoms with E-state index < -0.39 is 10.0 Å². The Hall–Kier alpha value is -1.97. The van der Waals surface area contributed by atoms with Gasteiger partial charge in [-0.05, 0) is 25.3 Å². The van der Waals surface area contributed by atoms with Gasteiger partial charge in [0.15, 0.2) is 9.34 Å². The summed E-state index contributed by atoms with van der Waals surface area (Å²) in [4.78, 5) is 18.5. The number of aryl methyl sites for hydroxylation is 1. The van der Waals surface area contributed by atoms with E-state index in [0.717, 1.165) is 16.9 Å². The average molecular weight is 395 g/mol. The summed E-state index contributed by atoms with van der Waals surface area (Å²) in [5, 5.41) is 8.75. The molecule has 1 fully saturated rings. The van der Waals surface area contributed by atoms with E-state index in [-0.39, 0.29) is 16.0 Å². The normalized spacial score (nSPS) is 15.8. The van der Waals surface area contributed by atoms with E-state index in [0.29, 0.717) is 37.6 Å². The smallest absolute Gasteiger partial charge is 0.249 e. The SMILES string of the molecule is Cc1ccc(CNC(=O)C2CCN(c3ncc(S(N)(=O)=O)s3)CC2)cc1. The van der Waals surface area contributed by atoms with Gasteiger partial charge in [-0.2, -0.15) is 0 Å². The summed E-state index contributed by atoms with van der Waals surface area (Å²) in [6.07, 6.45) is 2.71. The van der Waals surface area contributed by atoms with Crippen LogP contribution in [0.4, 0.5) is 5.13 Å². The molecule has 0 atom stereocenters. The molecule has 7 nitrogen and oxygen atoms in total. The zero-order valence-corrected chi connectivity index (χ0v) is 16.1. The lowest BCUT2D eigenvalue weighted by atomic mass is 9.96. The maximum Gasteiger partial charge on any atom is 0.249 e. The number of nitrogens with two attached hydrogens (primary N) is 1. The minimum atomic E-state index is -3.72. The van der Waals surface area contributed by atoms with Crippen molar-refractivity contribution in [3.05, 3.63) is 41.6 Å². The molecule has 0 aliphatic carbocycles. The highest BCUT2D eigenvalue weighted by atomic mass is 32.2. The first-order valence-corrected chi connectivity index (χ1v) is 10.8. The molecule has 9 heteroatoms. The van der Waals surface area contributed by atoms with Crippen molar-refractivity contribution in [2.24, 2.45) is 11.1 Å². The van der Waals surface area contributed by atoms with E-state index in [1.807, 2.05) is 36.1 Å². The van der Waals surface area contributed by atoms with Crippen LogP contribution in [0.15, 0.2) is 34.7 Å². The van der Waals surface area contributed by atoms with Crippen molar-refractivity contribution < 1.29 is 13.2 Å². The quantitative estimate of drug-likeness (QED) is 0.802. The fourth-order valence-corrected chi connectivity index (χ4v) is 4.49. The molecular formula is C17H22N4O3S2. The standard InChI is InChI=1S/C17H22N4O3S2/c1-12-2-4-13(5-3-12)10-19-16(22)14-6-8-21(9-7-14)17-20-11-15(25-17)26(18,23)24/h2-5,11,14H,6-10H2,1H3,(H,19,22)(H2,18,23,24). The van der Waals surface area contributed by atoms with Gasteiger partial charge in [0.25, 0.3) is 0 Å². The number of hydrogen-bond donors (Lipinski definition) is 2. The first kappa shape index (κ1) is 18.8. The Morgan fingerprint density at radius 2 is 1.96 bits per heavy atom. The molecule has 0 radical (unpaired) electrons. The fourth-order valence-electron chi connectivity index (χ4n) is 2.90. The zero-order valence-electron chi connectivity index (χ0n) is 14.5. The third-order valence-corrected chi connectivity index (χ3v) is 6.94. The van der Waals surface area contributed by atoms with Gasteiger partial charge in [0.1, 0.15) is 0 Å². The molecule has 2 aromatic rings. The van der Waals surface area contributed by atoms with Crippen LogP contribution < -0.4 is 15.4 Å². The van der Waals surface area contributed by atoms with Crippen LogP contribution >= 0.6 is 11.3 Å². The van der Waals surface area contributed by atoms with Gasteiger partial charge >= 0.3 is 0 Å². The number of nitrogens with zero attached hydrogens (tertiary/aromatic N) is 2.